The molecule has 0 aliphatic carbocycles. The zero-order valence-electron chi connectivity index (χ0n) is 15.7. The Hall–Kier alpha value is -4.08. The Bertz CT molecular complexity index is 1200. The highest BCUT2D eigenvalue weighted by atomic mass is 16.6. The first-order valence-electron chi connectivity index (χ1n) is 9.56. The highest BCUT2D eigenvalue weighted by molar-refractivity contribution is 5.94. The van der Waals surface area contributed by atoms with E-state index in [4.69, 9.17) is 4.74 Å². The maximum absolute atomic E-state index is 12.5. The molecule has 10 heteroatoms. The molecule has 0 saturated carbocycles. The van der Waals surface area contributed by atoms with E-state index in [9.17, 15) is 4.79 Å². The molecule has 2 atom stereocenters. The molecule has 1 aromatic carbocycles. The van der Waals surface area contributed by atoms with Crippen molar-refractivity contribution in [3.63, 3.8) is 0 Å². The number of benzene rings is 1. The molecule has 5 heterocycles. The Kier molecular flexibility index (Phi) is 3.63. The number of hydrogen-bond donors (Lipinski definition) is 0. The van der Waals surface area contributed by atoms with Crippen LogP contribution < -0.4 is 4.90 Å². The maximum atomic E-state index is 12.5. The molecule has 3 aromatic heterocycles. The molecule has 0 N–H and O–H groups in total. The van der Waals surface area contributed by atoms with Gasteiger partial charge in [0, 0.05) is 18.0 Å². The standard InChI is InChI=1S/C20H16N8O2/c29-20-28-16-3-1-13(14-2-4-19(21-11-14)27-8-6-23-25-27)9-15(16)10-17(28)18(30-20)12-26-7-5-22-24-26/h1-9,11,17-18H,10,12H2/t17-,18?/m0/s1. The van der Waals surface area contributed by atoms with E-state index >= 15 is 0 Å². The molecule has 0 spiro atoms. The minimum Gasteiger partial charge on any atom is -0.442 e. The topological polar surface area (TPSA) is 104 Å². The number of hydrogen-bond acceptors (Lipinski definition) is 7. The van der Waals surface area contributed by atoms with Crippen LogP contribution in [0.5, 0.6) is 0 Å². The second-order valence-corrected chi connectivity index (χ2v) is 7.28. The zero-order valence-corrected chi connectivity index (χ0v) is 15.7. The summed E-state index contributed by atoms with van der Waals surface area (Å²) < 4.78 is 8.90. The number of carbonyl (C=O) groups excluding carboxylic acids is 1. The van der Waals surface area contributed by atoms with Crippen molar-refractivity contribution in [2.75, 3.05) is 4.90 Å². The second kappa shape index (κ2) is 6.48. The van der Waals surface area contributed by atoms with Gasteiger partial charge in [-0.2, -0.15) is 0 Å². The van der Waals surface area contributed by atoms with Crippen LogP contribution in [0.15, 0.2) is 61.3 Å². The number of amides is 1. The number of cyclic esters (lactones) is 1. The third-order valence-corrected chi connectivity index (χ3v) is 5.56. The van der Waals surface area contributed by atoms with Gasteiger partial charge in [0.2, 0.25) is 0 Å². The van der Waals surface area contributed by atoms with Crippen LogP contribution in [0, 0.1) is 0 Å². The van der Waals surface area contributed by atoms with Crippen molar-refractivity contribution in [3.8, 4) is 16.9 Å². The summed E-state index contributed by atoms with van der Waals surface area (Å²) in [5.74, 6) is 0.705. The monoisotopic (exact) mass is 400 g/mol. The molecule has 0 bridgehead atoms. The average Bonchev–Trinajstić information content (AvgIpc) is 3.56. The van der Waals surface area contributed by atoms with Gasteiger partial charge >= 0.3 is 6.09 Å². The first kappa shape index (κ1) is 16.8. The molecule has 0 radical (unpaired) electrons. The van der Waals surface area contributed by atoms with E-state index < -0.39 is 0 Å². The van der Waals surface area contributed by atoms with Crippen LogP contribution in [0.3, 0.4) is 0 Å². The molecular formula is C20H16N8O2. The first-order valence-corrected chi connectivity index (χ1v) is 9.56. The number of carbonyl (C=O) groups is 1. The fraction of sp³-hybridized carbons (Fsp3) is 0.200. The lowest BCUT2D eigenvalue weighted by atomic mass is 10.0. The van der Waals surface area contributed by atoms with Crippen LogP contribution in [0.1, 0.15) is 5.56 Å². The Labute approximate surface area is 170 Å². The van der Waals surface area contributed by atoms with Gasteiger partial charge in [0.05, 0.1) is 36.9 Å². The van der Waals surface area contributed by atoms with Crippen molar-refractivity contribution in [2.24, 2.45) is 0 Å². The molecule has 148 valence electrons. The summed E-state index contributed by atoms with van der Waals surface area (Å²) >= 11 is 0. The van der Waals surface area contributed by atoms with E-state index in [2.05, 4.69) is 31.7 Å². The van der Waals surface area contributed by atoms with Crippen molar-refractivity contribution in [1.82, 2.24) is 35.0 Å². The lowest BCUT2D eigenvalue weighted by molar-refractivity contribution is 0.117. The third kappa shape index (κ3) is 2.65. The molecular weight excluding hydrogens is 384 g/mol. The molecule has 2 aliphatic rings. The van der Waals surface area contributed by atoms with Gasteiger partial charge in [-0.05, 0) is 41.8 Å². The summed E-state index contributed by atoms with van der Waals surface area (Å²) in [4.78, 5) is 18.7. The molecule has 1 amide bonds. The third-order valence-electron chi connectivity index (χ3n) is 5.56. The fourth-order valence-corrected chi connectivity index (χ4v) is 4.15. The summed E-state index contributed by atoms with van der Waals surface area (Å²) in [6.45, 7) is 0.488. The number of aromatic nitrogens is 7. The van der Waals surface area contributed by atoms with Crippen molar-refractivity contribution in [1.29, 1.82) is 0 Å². The molecule has 4 aromatic rings. The quantitative estimate of drug-likeness (QED) is 0.515. The highest BCUT2D eigenvalue weighted by Gasteiger charge is 2.47. The lowest BCUT2D eigenvalue weighted by Gasteiger charge is -2.16. The summed E-state index contributed by atoms with van der Waals surface area (Å²) in [5.41, 5.74) is 4.07. The zero-order chi connectivity index (χ0) is 20.1. The molecule has 30 heavy (non-hydrogen) atoms. The predicted octanol–water partition coefficient (Wildman–Crippen LogP) is 1.87. The summed E-state index contributed by atoms with van der Waals surface area (Å²) in [6.07, 6.45) is 8.73. The van der Waals surface area contributed by atoms with Gasteiger partial charge in [0.25, 0.3) is 0 Å². The van der Waals surface area contributed by atoms with Crippen molar-refractivity contribution in [3.05, 3.63) is 66.9 Å². The first-order chi connectivity index (χ1) is 14.8. The Morgan fingerprint density at radius 2 is 1.90 bits per heavy atom. The molecule has 1 unspecified atom stereocenters. The number of rotatable bonds is 4. The number of fused-ring (bicyclic) bond motifs is 3. The van der Waals surface area contributed by atoms with Gasteiger partial charge < -0.3 is 4.74 Å². The molecule has 1 saturated heterocycles. The van der Waals surface area contributed by atoms with Crippen LogP contribution in [0.4, 0.5) is 10.5 Å². The van der Waals surface area contributed by atoms with Crippen molar-refractivity contribution in [2.45, 2.75) is 25.1 Å². The fourth-order valence-electron chi connectivity index (χ4n) is 4.15. The summed E-state index contributed by atoms with van der Waals surface area (Å²) in [7, 11) is 0. The van der Waals surface area contributed by atoms with Crippen molar-refractivity contribution < 1.29 is 9.53 Å². The smallest absolute Gasteiger partial charge is 0.415 e. The van der Waals surface area contributed by atoms with Gasteiger partial charge in [-0.1, -0.05) is 16.5 Å². The van der Waals surface area contributed by atoms with E-state index in [1.807, 2.05) is 30.5 Å². The van der Waals surface area contributed by atoms with Crippen LogP contribution in [0.25, 0.3) is 16.9 Å². The number of anilines is 1. The number of ether oxygens (including phenoxy) is 1. The van der Waals surface area contributed by atoms with Gasteiger partial charge in [-0.25, -0.2) is 19.1 Å². The van der Waals surface area contributed by atoms with Gasteiger partial charge in [0.1, 0.15) is 6.10 Å². The van der Waals surface area contributed by atoms with E-state index in [1.54, 1.807) is 39.1 Å². The number of nitrogens with zero attached hydrogens (tertiary/aromatic N) is 8. The molecule has 6 rings (SSSR count). The summed E-state index contributed by atoms with van der Waals surface area (Å²) in [5, 5.41) is 15.6. The number of pyridine rings is 1. The Morgan fingerprint density at radius 1 is 1.03 bits per heavy atom. The second-order valence-electron chi connectivity index (χ2n) is 7.28. The minimum atomic E-state index is -0.310. The maximum Gasteiger partial charge on any atom is 0.415 e. The van der Waals surface area contributed by atoms with E-state index in [-0.39, 0.29) is 18.2 Å². The SMILES string of the molecule is O=C1OC(Cn2ccnn2)[C@@H]2Cc3cc(-c4ccc(-n5ccnn5)nc4)ccc3N12. The van der Waals surface area contributed by atoms with Crippen LogP contribution in [-0.4, -0.2) is 53.2 Å². The van der Waals surface area contributed by atoms with Gasteiger partial charge in [-0.15, -0.1) is 10.2 Å². The highest BCUT2D eigenvalue weighted by Crippen LogP contribution is 2.40. The van der Waals surface area contributed by atoms with Crippen LogP contribution in [-0.2, 0) is 17.7 Å². The normalized spacial score (nSPS) is 19.6. The largest absolute Gasteiger partial charge is 0.442 e. The van der Waals surface area contributed by atoms with Gasteiger partial charge in [0.15, 0.2) is 5.82 Å². The lowest BCUT2D eigenvalue weighted by Crippen LogP contribution is -2.35. The van der Waals surface area contributed by atoms with E-state index in [0.29, 0.717) is 12.4 Å². The predicted molar refractivity (Wildman–Crippen MR) is 105 cm³/mol. The summed E-state index contributed by atoms with van der Waals surface area (Å²) in [6, 6.07) is 9.98. The Morgan fingerprint density at radius 3 is 2.67 bits per heavy atom. The van der Waals surface area contributed by atoms with Gasteiger partial charge in [-0.3, -0.25) is 4.90 Å². The van der Waals surface area contributed by atoms with E-state index in [0.717, 1.165) is 28.8 Å². The molecule has 1 fully saturated rings. The van der Waals surface area contributed by atoms with Crippen LogP contribution in [0.2, 0.25) is 0 Å². The Balaban J connectivity index is 1.27. The molecule has 2 aliphatic heterocycles. The average molecular weight is 400 g/mol. The van der Waals surface area contributed by atoms with Crippen molar-refractivity contribution >= 4 is 11.8 Å². The minimum absolute atomic E-state index is 0.0419. The molecule has 10 nitrogen and oxygen atoms in total. The van der Waals surface area contributed by atoms with E-state index in [1.165, 1.54) is 0 Å². The van der Waals surface area contributed by atoms with Crippen LogP contribution >= 0.6 is 0 Å².